The Morgan fingerprint density at radius 1 is 0.903 bits per heavy atom. The van der Waals surface area contributed by atoms with Crippen molar-refractivity contribution >= 4 is 21.6 Å². The molecule has 0 bridgehead atoms. The number of amides is 1. The van der Waals surface area contributed by atoms with Crippen molar-refractivity contribution in [2.75, 3.05) is 17.9 Å². The van der Waals surface area contributed by atoms with Crippen LogP contribution in [0.2, 0.25) is 0 Å². The van der Waals surface area contributed by atoms with Crippen molar-refractivity contribution in [3.8, 4) is 5.75 Å². The largest absolute Gasteiger partial charge is 0.491 e. The summed E-state index contributed by atoms with van der Waals surface area (Å²) in [5.74, 6) is 0.560. The number of hydrogen-bond acceptors (Lipinski definition) is 4. The van der Waals surface area contributed by atoms with Gasteiger partial charge >= 0.3 is 0 Å². The first-order valence-electron chi connectivity index (χ1n) is 9.93. The summed E-state index contributed by atoms with van der Waals surface area (Å²) in [5, 5.41) is 2.82. The Bertz CT molecular complexity index is 1180. The molecule has 0 aromatic heterocycles. The number of aryl methyl sites for hydroxylation is 3. The molecule has 0 aliphatic heterocycles. The molecule has 3 rings (SSSR count). The van der Waals surface area contributed by atoms with Gasteiger partial charge in [-0.25, -0.2) is 8.42 Å². The van der Waals surface area contributed by atoms with E-state index in [1.54, 1.807) is 43.3 Å². The third-order valence-electron chi connectivity index (χ3n) is 4.78. The first kappa shape index (κ1) is 22.4. The molecule has 0 atom stereocenters. The van der Waals surface area contributed by atoms with Crippen molar-refractivity contribution in [3.63, 3.8) is 0 Å². The van der Waals surface area contributed by atoms with Gasteiger partial charge in [0, 0.05) is 5.56 Å². The number of nitrogens with one attached hydrogen (secondary N) is 2. The fraction of sp³-hybridized carbons (Fsp3) is 0.208. The van der Waals surface area contributed by atoms with Gasteiger partial charge in [0.2, 0.25) is 0 Å². The quantitative estimate of drug-likeness (QED) is 0.516. The zero-order valence-corrected chi connectivity index (χ0v) is 18.6. The summed E-state index contributed by atoms with van der Waals surface area (Å²) in [7, 11) is -3.69. The van der Waals surface area contributed by atoms with E-state index in [4.69, 9.17) is 4.74 Å². The summed E-state index contributed by atoms with van der Waals surface area (Å²) in [6.45, 7) is 6.44. The van der Waals surface area contributed by atoms with Crippen LogP contribution in [0.15, 0.2) is 71.6 Å². The molecule has 2 N–H and O–H groups in total. The van der Waals surface area contributed by atoms with Gasteiger partial charge in [0.25, 0.3) is 15.9 Å². The molecule has 3 aromatic rings. The third kappa shape index (κ3) is 5.86. The SMILES string of the molecule is Cc1ccc(C)c(OCCNC(=O)c2ccc(NS(=O)(=O)c3ccccc3)c(C)c2)c1. The predicted molar refractivity (Wildman–Crippen MR) is 122 cm³/mol. The first-order valence-corrected chi connectivity index (χ1v) is 11.4. The molecule has 0 radical (unpaired) electrons. The van der Waals surface area contributed by atoms with Gasteiger partial charge in [0.05, 0.1) is 17.1 Å². The summed E-state index contributed by atoms with van der Waals surface area (Å²) >= 11 is 0. The number of hydrogen-bond donors (Lipinski definition) is 2. The van der Waals surface area contributed by atoms with Crippen LogP contribution >= 0.6 is 0 Å². The second-order valence-electron chi connectivity index (χ2n) is 7.32. The zero-order valence-electron chi connectivity index (χ0n) is 17.8. The van der Waals surface area contributed by atoms with Gasteiger partial charge in [0.1, 0.15) is 12.4 Å². The molecular weight excluding hydrogens is 412 g/mol. The van der Waals surface area contributed by atoms with Crippen molar-refractivity contribution in [1.29, 1.82) is 0 Å². The number of rotatable bonds is 8. The number of carbonyl (C=O) groups excluding carboxylic acids is 1. The Labute approximate surface area is 183 Å². The lowest BCUT2D eigenvalue weighted by atomic mass is 10.1. The van der Waals surface area contributed by atoms with Crippen LogP contribution in [0.4, 0.5) is 5.69 Å². The normalized spacial score (nSPS) is 11.1. The highest BCUT2D eigenvalue weighted by atomic mass is 32.2. The molecule has 31 heavy (non-hydrogen) atoms. The molecule has 0 heterocycles. The Morgan fingerprint density at radius 2 is 1.65 bits per heavy atom. The number of anilines is 1. The van der Waals surface area contributed by atoms with E-state index in [-0.39, 0.29) is 10.8 Å². The first-order chi connectivity index (χ1) is 14.8. The molecule has 3 aromatic carbocycles. The minimum absolute atomic E-state index is 0.181. The van der Waals surface area contributed by atoms with Crippen molar-refractivity contribution < 1.29 is 17.9 Å². The second-order valence-corrected chi connectivity index (χ2v) is 9.00. The molecule has 0 unspecified atom stereocenters. The minimum Gasteiger partial charge on any atom is -0.491 e. The summed E-state index contributed by atoms with van der Waals surface area (Å²) in [5.41, 5.74) is 3.69. The number of carbonyl (C=O) groups is 1. The van der Waals surface area contributed by atoms with E-state index in [0.717, 1.165) is 16.9 Å². The van der Waals surface area contributed by atoms with Crippen LogP contribution in [0.5, 0.6) is 5.75 Å². The predicted octanol–water partition coefficient (Wildman–Crippen LogP) is 4.22. The maximum absolute atomic E-state index is 12.5. The van der Waals surface area contributed by atoms with Gasteiger partial charge in [-0.1, -0.05) is 30.3 Å². The van der Waals surface area contributed by atoms with E-state index in [1.807, 2.05) is 32.0 Å². The van der Waals surface area contributed by atoms with Crippen LogP contribution in [0, 0.1) is 20.8 Å². The Hall–Kier alpha value is -3.32. The smallest absolute Gasteiger partial charge is 0.261 e. The standard InChI is InChI=1S/C24H26N2O4S/c1-17-9-10-18(2)23(15-17)30-14-13-25-24(27)20-11-12-22(19(3)16-20)26-31(28,29)21-7-5-4-6-8-21/h4-12,15-16,26H,13-14H2,1-3H3,(H,25,27). The van der Waals surface area contributed by atoms with E-state index >= 15 is 0 Å². The third-order valence-corrected chi connectivity index (χ3v) is 6.16. The van der Waals surface area contributed by atoms with Gasteiger partial charge in [-0.3, -0.25) is 9.52 Å². The molecule has 0 fully saturated rings. The van der Waals surface area contributed by atoms with Gasteiger partial charge in [-0.05, 0) is 73.9 Å². The fourth-order valence-electron chi connectivity index (χ4n) is 3.01. The van der Waals surface area contributed by atoms with Crippen molar-refractivity contribution in [2.45, 2.75) is 25.7 Å². The molecule has 0 spiro atoms. The van der Waals surface area contributed by atoms with Gasteiger partial charge in [0.15, 0.2) is 0 Å². The van der Waals surface area contributed by atoms with E-state index in [2.05, 4.69) is 10.0 Å². The van der Waals surface area contributed by atoms with Crippen LogP contribution in [0.25, 0.3) is 0 Å². The monoisotopic (exact) mass is 438 g/mol. The molecular formula is C24H26N2O4S. The van der Waals surface area contributed by atoms with Gasteiger partial charge in [-0.2, -0.15) is 0 Å². The Morgan fingerprint density at radius 3 is 2.35 bits per heavy atom. The van der Waals surface area contributed by atoms with E-state index in [0.29, 0.717) is 30.0 Å². The lowest BCUT2D eigenvalue weighted by Gasteiger charge is -2.13. The number of ether oxygens (including phenoxy) is 1. The molecule has 0 saturated heterocycles. The van der Waals surface area contributed by atoms with Crippen molar-refractivity contribution in [3.05, 3.63) is 89.0 Å². The lowest BCUT2D eigenvalue weighted by molar-refractivity contribution is 0.0947. The number of benzene rings is 3. The highest BCUT2D eigenvalue weighted by Gasteiger charge is 2.15. The summed E-state index contributed by atoms with van der Waals surface area (Å²) in [6.07, 6.45) is 0. The molecule has 0 aliphatic carbocycles. The van der Waals surface area contributed by atoms with Crippen LogP contribution < -0.4 is 14.8 Å². The molecule has 1 amide bonds. The maximum atomic E-state index is 12.5. The highest BCUT2D eigenvalue weighted by Crippen LogP contribution is 2.21. The maximum Gasteiger partial charge on any atom is 0.261 e. The average molecular weight is 439 g/mol. The van der Waals surface area contributed by atoms with Crippen LogP contribution in [0.3, 0.4) is 0 Å². The van der Waals surface area contributed by atoms with Crippen molar-refractivity contribution in [2.24, 2.45) is 0 Å². The Balaban J connectivity index is 1.58. The fourth-order valence-corrected chi connectivity index (χ4v) is 4.17. The Kier molecular flexibility index (Phi) is 6.97. The van der Waals surface area contributed by atoms with Gasteiger partial charge < -0.3 is 10.1 Å². The summed E-state index contributed by atoms with van der Waals surface area (Å²) < 4.78 is 33.3. The molecule has 7 heteroatoms. The number of sulfonamides is 1. The summed E-state index contributed by atoms with van der Waals surface area (Å²) in [4.78, 5) is 12.6. The molecule has 162 valence electrons. The molecule has 6 nitrogen and oxygen atoms in total. The molecule has 0 aliphatic rings. The topological polar surface area (TPSA) is 84.5 Å². The summed E-state index contributed by atoms with van der Waals surface area (Å²) in [6, 6.07) is 19.0. The van der Waals surface area contributed by atoms with Crippen molar-refractivity contribution in [1.82, 2.24) is 5.32 Å². The highest BCUT2D eigenvalue weighted by molar-refractivity contribution is 7.92. The second kappa shape index (κ2) is 9.66. The van der Waals surface area contributed by atoms with Crippen LogP contribution in [0.1, 0.15) is 27.0 Å². The zero-order chi connectivity index (χ0) is 22.4. The minimum atomic E-state index is -3.69. The van der Waals surface area contributed by atoms with Gasteiger partial charge in [-0.15, -0.1) is 0 Å². The van der Waals surface area contributed by atoms with Crippen LogP contribution in [-0.4, -0.2) is 27.5 Å². The van der Waals surface area contributed by atoms with E-state index in [9.17, 15) is 13.2 Å². The average Bonchev–Trinajstić information content (AvgIpc) is 2.75. The van der Waals surface area contributed by atoms with E-state index in [1.165, 1.54) is 12.1 Å². The van der Waals surface area contributed by atoms with E-state index < -0.39 is 10.0 Å². The van der Waals surface area contributed by atoms with Crippen LogP contribution in [-0.2, 0) is 10.0 Å². The molecule has 0 saturated carbocycles. The lowest BCUT2D eigenvalue weighted by Crippen LogP contribution is -2.28.